The van der Waals surface area contributed by atoms with E-state index in [2.05, 4.69) is 36.6 Å². The Morgan fingerprint density at radius 2 is 1.50 bits per heavy atom. The summed E-state index contributed by atoms with van der Waals surface area (Å²) in [6.45, 7) is 8.13. The third-order valence-corrected chi connectivity index (χ3v) is 13.2. The van der Waals surface area contributed by atoms with Crippen LogP contribution in [0.3, 0.4) is 0 Å². The zero-order chi connectivity index (χ0) is 31.3. The molecule has 2 amide bonds. The van der Waals surface area contributed by atoms with Crippen LogP contribution in [-0.4, -0.2) is 47.3 Å². The highest BCUT2D eigenvalue weighted by Crippen LogP contribution is 2.65. The van der Waals surface area contributed by atoms with Crippen molar-refractivity contribution in [3.05, 3.63) is 35.4 Å². The lowest BCUT2D eigenvalue weighted by atomic mass is 9.47. The number of fused-ring (bicyclic) bond motifs is 5. The van der Waals surface area contributed by atoms with Gasteiger partial charge >= 0.3 is 0 Å². The van der Waals surface area contributed by atoms with Crippen molar-refractivity contribution in [3.63, 3.8) is 0 Å². The first-order chi connectivity index (χ1) is 21.2. The van der Waals surface area contributed by atoms with Crippen molar-refractivity contribution < 1.29 is 9.59 Å². The Bertz CT molecular complexity index is 1170. The molecule has 1 aliphatic heterocycles. The van der Waals surface area contributed by atoms with Gasteiger partial charge in [0.25, 0.3) is 5.91 Å². The van der Waals surface area contributed by atoms with Crippen molar-refractivity contribution in [2.24, 2.45) is 28.6 Å². The van der Waals surface area contributed by atoms with Crippen LogP contribution in [0.15, 0.2) is 24.3 Å². The first kappa shape index (κ1) is 33.0. The Hall–Kier alpha value is -2.35. The lowest BCUT2D eigenvalue weighted by Crippen LogP contribution is -2.62. The van der Waals surface area contributed by atoms with Gasteiger partial charge in [0.15, 0.2) is 0 Å². The second kappa shape index (κ2) is 14.4. The van der Waals surface area contributed by atoms with Crippen LogP contribution < -0.4 is 0 Å². The van der Waals surface area contributed by atoms with Gasteiger partial charge in [-0.15, -0.1) is 0 Å². The Balaban J connectivity index is 1.27. The Kier molecular flexibility index (Phi) is 10.8. The molecule has 1 heterocycles. The maximum absolute atomic E-state index is 14.2. The second-order valence-electron chi connectivity index (χ2n) is 15.5. The summed E-state index contributed by atoms with van der Waals surface area (Å²) in [5.74, 6) is 2.51. The highest BCUT2D eigenvalue weighted by atomic mass is 16.2. The molecule has 242 valence electrons. The summed E-state index contributed by atoms with van der Waals surface area (Å²) in [5, 5.41) is 9.32. The summed E-state index contributed by atoms with van der Waals surface area (Å²) in [7, 11) is 2.05. The molecule has 0 aromatic heterocycles. The van der Waals surface area contributed by atoms with Crippen LogP contribution in [0.5, 0.6) is 0 Å². The molecule has 4 aliphatic rings. The van der Waals surface area contributed by atoms with Crippen LogP contribution in [0.2, 0.25) is 0 Å². The molecule has 5 heteroatoms. The van der Waals surface area contributed by atoms with Gasteiger partial charge in [-0.05, 0) is 104 Å². The van der Waals surface area contributed by atoms with E-state index in [4.69, 9.17) is 0 Å². The summed E-state index contributed by atoms with van der Waals surface area (Å²) in [6, 6.07) is 10.2. The standard InChI is InChI=1S/C39H59N3O2/c1-5-6-7-8-9-10-11-12-13-14-27-42(37(44)30-17-15-29(28-40)16-18-30)35-22-20-32-31-19-21-34-38(2,26-24-36(43)41(34)4)33(31)23-25-39(32,35)3/h15-18,31-35H,5-14,19-27H2,1-4H3/t31-,32-,33-,34+,35-,38+,39-/m0/s1. The minimum Gasteiger partial charge on any atom is -0.342 e. The van der Waals surface area contributed by atoms with E-state index in [1.54, 1.807) is 12.1 Å². The Labute approximate surface area is 268 Å². The van der Waals surface area contributed by atoms with Crippen LogP contribution in [0.4, 0.5) is 0 Å². The molecule has 1 saturated heterocycles. The van der Waals surface area contributed by atoms with E-state index in [1.165, 1.54) is 83.5 Å². The number of benzene rings is 1. The predicted octanol–water partition coefficient (Wildman–Crippen LogP) is 9.15. The lowest BCUT2D eigenvalue weighted by molar-refractivity contribution is -0.158. The molecular weight excluding hydrogens is 542 g/mol. The van der Waals surface area contributed by atoms with Gasteiger partial charge in [0.1, 0.15) is 0 Å². The fourth-order valence-electron chi connectivity index (χ4n) is 10.7. The van der Waals surface area contributed by atoms with Gasteiger partial charge in [-0.3, -0.25) is 9.59 Å². The van der Waals surface area contributed by atoms with Gasteiger partial charge in [0, 0.05) is 37.7 Å². The van der Waals surface area contributed by atoms with Crippen molar-refractivity contribution in [2.45, 2.75) is 148 Å². The van der Waals surface area contributed by atoms with E-state index in [0.29, 0.717) is 41.7 Å². The number of piperidine rings is 1. The molecule has 7 atom stereocenters. The molecule has 0 bridgehead atoms. The molecular formula is C39H59N3O2. The number of hydrogen-bond donors (Lipinski definition) is 0. The van der Waals surface area contributed by atoms with Crippen molar-refractivity contribution in [3.8, 4) is 6.07 Å². The molecule has 0 radical (unpaired) electrons. The number of rotatable bonds is 13. The number of amides is 2. The second-order valence-corrected chi connectivity index (χ2v) is 15.5. The largest absolute Gasteiger partial charge is 0.342 e. The molecule has 4 fully saturated rings. The Morgan fingerprint density at radius 3 is 2.16 bits per heavy atom. The predicted molar refractivity (Wildman–Crippen MR) is 178 cm³/mol. The van der Waals surface area contributed by atoms with Gasteiger partial charge in [0.05, 0.1) is 11.6 Å². The zero-order valence-corrected chi connectivity index (χ0v) is 28.3. The van der Waals surface area contributed by atoms with Gasteiger partial charge < -0.3 is 9.80 Å². The van der Waals surface area contributed by atoms with Crippen molar-refractivity contribution >= 4 is 11.8 Å². The summed E-state index contributed by atoms with van der Waals surface area (Å²) in [4.78, 5) is 31.2. The molecule has 5 rings (SSSR count). The van der Waals surface area contributed by atoms with Gasteiger partial charge in [0.2, 0.25) is 5.91 Å². The molecule has 44 heavy (non-hydrogen) atoms. The average Bonchev–Trinajstić information content (AvgIpc) is 3.38. The topological polar surface area (TPSA) is 64.4 Å². The fraction of sp³-hybridized carbons (Fsp3) is 0.769. The SMILES string of the molecule is CCCCCCCCCCCCN(C(=O)c1ccc(C#N)cc1)[C@H]1CC[C@H]2[C@@H]3CC[C@H]4N(C)C(=O)CC[C@]4(C)[C@H]3CC[C@]12C. The molecule has 3 saturated carbocycles. The third kappa shape index (κ3) is 6.47. The zero-order valence-electron chi connectivity index (χ0n) is 28.3. The van der Waals surface area contributed by atoms with Crippen LogP contribution in [0, 0.1) is 39.9 Å². The highest BCUT2D eigenvalue weighted by molar-refractivity contribution is 5.94. The first-order valence-electron chi connectivity index (χ1n) is 18.3. The molecule has 5 nitrogen and oxygen atoms in total. The van der Waals surface area contributed by atoms with Crippen molar-refractivity contribution in [1.82, 2.24) is 9.80 Å². The maximum atomic E-state index is 14.2. The molecule has 1 aromatic carbocycles. The minimum atomic E-state index is 0.140. The smallest absolute Gasteiger partial charge is 0.254 e. The number of hydrogen-bond acceptors (Lipinski definition) is 3. The normalized spacial score (nSPS) is 32.8. The third-order valence-electron chi connectivity index (χ3n) is 13.2. The molecule has 3 aliphatic carbocycles. The number of carbonyl (C=O) groups is 2. The van der Waals surface area contributed by atoms with Crippen molar-refractivity contribution in [2.75, 3.05) is 13.6 Å². The van der Waals surface area contributed by atoms with E-state index in [0.717, 1.165) is 37.8 Å². The summed E-state index contributed by atoms with van der Waals surface area (Å²) in [5.41, 5.74) is 1.69. The van der Waals surface area contributed by atoms with E-state index in [1.807, 2.05) is 19.2 Å². The van der Waals surface area contributed by atoms with Crippen LogP contribution in [0.1, 0.15) is 152 Å². The van der Waals surface area contributed by atoms with Gasteiger partial charge in [-0.25, -0.2) is 0 Å². The number of nitrogens with zero attached hydrogens (tertiary/aromatic N) is 3. The monoisotopic (exact) mass is 601 g/mol. The molecule has 1 aromatic rings. The van der Waals surface area contributed by atoms with Crippen molar-refractivity contribution in [1.29, 1.82) is 5.26 Å². The van der Waals surface area contributed by atoms with E-state index >= 15 is 0 Å². The average molecular weight is 602 g/mol. The summed E-state index contributed by atoms with van der Waals surface area (Å²) >= 11 is 0. The molecule has 0 unspecified atom stereocenters. The highest BCUT2D eigenvalue weighted by Gasteiger charge is 2.62. The fourth-order valence-corrected chi connectivity index (χ4v) is 10.7. The van der Waals surface area contributed by atoms with Gasteiger partial charge in [-0.1, -0.05) is 78.6 Å². The molecule has 0 spiro atoms. The number of likely N-dealkylation sites (tertiary alicyclic amines) is 1. The van der Waals surface area contributed by atoms with Crippen LogP contribution in [0.25, 0.3) is 0 Å². The number of carbonyl (C=O) groups excluding carboxylic acids is 2. The summed E-state index contributed by atoms with van der Waals surface area (Å²) < 4.78 is 0. The van der Waals surface area contributed by atoms with E-state index in [9.17, 15) is 14.9 Å². The minimum absolute atomic E-state index is 0.140. The van der Waals surface area contributed by atoms with Gasteiger partial charge in [-0.2, -0.15) is 5.26 Å². The summed E-state index contributed by atoms with van der Waals surface area (Å²) in [6.07, 6.45) is 21.8. The Morgan fingerprint density at radius 1 is 0.864 bits per heavy atom. The number of unbranched alkanes of at least 4 members (excludes halogenated alkanes) is 9. The number of nitriles is 1. The van der Waals surface area contributed by atoms with E-state index in [-0.39, 0.29) is 22.8 Å². The van der Waals surface area contributed by atoms with E-state index < -0.39 is 0 Å². The van der Waals surface area contributed by atoms with Crippen LogP contribution in [-0.2, 0) is 4.79 Å². The van der Waals surface area contributed by atoms with Crippen LogP contribution >= 0.6 is 0 Å². The first-order valence-corrected chi connectivity index (χ1v) is 18.3. The lowest BCUT2D eigenvalue weighted by Gasteiger charge is -2.62. The quantitative estimate of drug-likeness (QED) is 0.212. The molecule has 0 N–H and O–H groups in total. The maximum Gasteiger partial charge on any atom is 0.254 e.